The Balaban J connectivity index is 2.38. The van der Waals surface area contributed by atoms with Gasteiger partial charge in [-0.1, -0.05) is 31.2 Å². The Kier molecular flexibility index (Phi) is 5.73. The molecule has 2 aromatic rings. The van der Waals surface area contributed by atoms with Crippen LogP contribution in [0.3, 0.4) is 0 Å². The maximum Gasteiger partial charge on any atom is 0.258 e. The van der Waals surface area contributed by atoms with Crippen molar-refractivity contribution in [3.63, 3.8) is 0 Å². The highest BCUT2D eigenvalue weighted by molar-refractivity contribution is 6.75. The third-order valence-corrected chi connectivity index (χ3v) is 5.46. The van der Waals surface area contributed by atoms with Crippen LogP contribution in [0.25, 0.3) is 0 Å². The summed E-state index contributed by atoms with van der Waals surface area (Å²) >= 11 is 5.91. The molecule has 2 rings (SSSR count). The lowest BCUT2D eigenvalue weighted by atomic mass is 10.1. The summed E-state index contributed by atoms with van der Waals surface area (Å²) in [6.07, 6.45) is 0. The zero-order valence-electron chi connectivity index (χ0n) is 14.9. The number of hydrogen-bond donors (Lipinski definition) is 0. The van der Waals surface area contributed by atoms with Crippen molar-refractivity contribution in [3.8, 4) is 5.75 Å². The molecule has 0 heterocycles. The first kappa shape index (κ1) is 18.6. The van der Waals surface area contributed by atoms with E-state index in [1.165, 1.54) is 0 Å². The number of carbonyl (C=O) groups is 1. The molecule has 0 saturated heterocycles. The van der Waals surface area contributed by atoms with Gasteiger partial charge in [0.2, 0.25) is 0 Å². The summed E-state index contributed by atoms with van der Waals surface area (Å²) in [5.41, 5.74) is 2.70. The monoisotopic (exact) mass is 361 g/mol. The molecule has 0 unspecified atom stereocenters. The van der Waals surface area contributed by atoms with E-state index in [9.17, 15) is 4.79 Å². The SMILES string of the molecule is COc1ccc(N(C)C(=O)c2ccc(Cl)cc2)c(C[Si](C)(C)C)c1. The summed E-state index contributed by atoms with van der Waals surface area (Å²) < 4.78 is 5.36. The minimum absolute atomic E-state index is 0.0475. The topological polar surface area (TPSA) is 29.5 Å². The van der Waals surface area contributed by atoms with Crippen molar-refractivity contribution in [2.45, 2.75) is 25.7 Å². The summed E-state index contributed by atoms with van der Waals surface area (Å²) in [5.74, 6) is 0.771. The summed E-state index contributed by atoms with van der Waals surface area (Å²) in [5, 5.41) is 0.623. The molecule has 3 nitrogen and oxygen atoms in total. The van der Waals surface area contributed by atoms with Crippen molar-refractivity contribution in [2.24, 2.45) is 0 Å². The lowest BCUT2D eigenvalue weighted by Crippen LogP contribution is -2.30. The average Bonchev–Trinajstić information content (AvgIpc) is 2.52. The zero-order valence-corrected chi connectivity index (χ0v) is 16.6. The molecule has 0 fully saturated rings. The molecule has 0 radical (unpaired) electrons. The Hall–Kier alpha value is -1.78. The van der Waals surface area contributed by atoms with Gasteiger partial charge in [0.25, 0.3) is 5.91 Å². The van der Waals surface area contributed by atoms with Gasteiger partial charge in [-0.2, -0.15) is 0 Å². The van der Waals surface area contributed by atoms with Gasteiger partial charge in [0.05, 0.1) is 7.11 Å². The maximum atomic E-state index is 12.8. The Morgan fingerprint density at radius 1 is 1.12 bits per heavy atom. The number of carbonyl (C=O) groups excluding carboxylic acids is 1. The van der Waals surface area contributed by atoms with Crippen LogP contribution < -0.4 is 9.64 Å². The van der Waals surface area contributed by atoms with Crippen LogP contribution >= 0.6 is 11.6 Å². The predicted molar refractivity (Wildman–Crippen MR) is 104 cm³/mol. The average molecular weight is 362 g/mol. The molecule has 0 saturated carbocycles. The van der Waals surface area contributed by atoms with Gasteiger partial charge in [-0.05, 0) is 54.1 Å². The second-order valence-corrected chi connectivity index (χ2v) is 13.0. The number of benzene rings is 2. The van der Waals surface area contributed by atoms with E-state index in [1.54, 1.807) is 36.3 Å². The Bertz CT molecular complexity index is 723. The van der Waals surface area contributed by atoms with Gasteiger partial charge >= 0.3 is 0 Å². The number of ether oxygens (including phenoxy) is 1. The van der Waals surface area contributed by atoms with E-state index in [4.69, 9.17) is 16.3 Å². The molecule has 0 bridgehead atoms. The number of rotatable bonds is 5. The van der Waals surface area contributed by atoms with Crippen molar-refractivity contribution in [3.05, 3.63) is 58.6 Å². The Labute approximate surface area is 150 Å². The van der Waals surface area contributed by atoms with E-state index >= 15 is 0 Å². The standard InChI is InChI=1S/C19H24ClNO2Si/c1-21(19(22)14-6-8-16(20)9-7-14)18-11-10-17(23-2)12-15(18)13-24(3,4)5/h6-12H,13H2,1-5H3. The summed E-state index contributed by atoms with van der Waals surface area (Å²) in [6, 6.07) is 13.9. The van der Waals surface area contributed by atoms with E-state index in [-0.39, 0.29) is 5.91 Å². The molecule has 0 spiro atoms. The zero-order chi connectivity index (χ0) is 17.9. The maximum absolute atomic E-state index is 12.8. The Morgan fingerprint density at radius 2 is 1.75 bits per heavy atom. The van der Waals surface area contributed by atoms with E-state index < -0.39 is 8.07 Å². The van der Waals surface area contributed by atoms with Crippen molar-refractivity contribution in [2.75, 3.05) is 19.1 Å². The molecular weight excluding hydrogens is 338 g/mol. The second-order valence-electron chi connectivity index (χ2n) is 7.10. The fourth-order valence-electron chi connectivity index (χ4n) is 2.62. The first-order valence-corrected chi connectivity index (χ1v) is 12.0. The Morgan fingerprint density at radius 3 is 2.29 bits per heavy atom. The number of methoxy groups -OCH3 is 1. The molecule has 0 aliphatic carbocycles. The number of amides is 1. The molecule has 0 aliphatic rings. The van der Waals surface area contributed by atoms with Crippen LogP contribution in [-0.2, 0) is 6.04 Å². The van der Waals surface area contributed by atoms with E-state index in [2.05, 4.69) is 19.6 Å². The molecule has 0 atom stereocenters. The number of hydrogen-bond acceptors (Lipinski definition) is 2. The highest BCUT2D eigenvalue weighted by atomic mass is 35.5. The normalized spacial score (nSPS) is 11.2. The van der Waals surface area contributed by atoms with Crippen molar-refractivity contribution >= 4 is 31.3 Å². The molecule has 0 N–H and O–H groups in total. The number of halogens is 1. The minimum Gasteiger partial charge on any atom is -0.497 e. The molecule has 0 aliphatic heterocycles. The van der Waals surface area contributed by atoms with Crippen LogP contribution in [0.2, 0.25) is 24.7 Å². The fraction of sp³-hybridized carbons (Fsp3) is 0.316. The van der Waals surface area contributed by atoms with Crippen molar-refractivity contribution in [1.29, 1.82) is 0 Å². The van der Waals surface area contributed by atoms with Gasteiger partial charge in [-0.15, -0.1) is 0 Å². The lowest BCUT2D eigenvalue weighted by molar-refractivity contribution is 0.0993. The molecule has 128 valence electrons. The van der Waals surface area contributed by atoms with Crippen molar-refractivity contribution in [1.82, 2.24) is 0 Å². The third kappa shape index (κ3) is 4.62. The van der Waals surface area contributed by atoms with E-state index in [0.29, 0.717) is 10.6 Å². The molecule has 24 heavy (non-hydrogen) atoms. The van der Waals surface area contributed by atoms with E-state index in [0.717, 1.165) is 23.0 Å². The first-order chi connectivity index (χ1) is 11.2. The first-order valence-electron chi connectivity index (χ1n) is 7.92. The van der Waals surface area contributed by atoms with Gasteiger partial charge in [0.15, 0.2) is 0 Å². The van der Waals surface area contributed by atoms with Crippen LogP contribution in [0.1, 0.15) is 15.9 Å². The third-order valence-electron chi connectivity index (χ3n) is 3.76. The fourth-order valence-corrected chi connectivity index (χ4v) is 4.18. The summed E-state index contributed by atoms with van der Waals surface area (Å²) in [7, 11) is 2.13. The van der Waals surface area contributed by atoms with Crippen LogP contribution in [0.5, 0.6) is 5.75 Å². The number of nitrogens with zero attached hydrogens (tertiary/aromatic N) is 1. The predicted octanol–water partition coefficient (Wildman–Crippen LogP) is 5.05. The molecule has 0 aromatic heterocycles. The van der Waals surface area contributed by atoms with Crippen LogP contribution in [-0.4, -0.2) is 28.1 Å². The van der Waals surface area contributed by atoms with Crippen LogP contribution in [0.15, 0.2) is 42.5 Å². The minimum atomic E-state index is -1.34. The lowest BCUT2D eigenvalue weighted by Gasteiger charge is -2.25. The smallest absolute Gasteiger partial charge is 0.258 e. The second kappa shape index (κ2) is 7.41. The highest BCUT2D eigenvalue weighted by Crippen LogP contribution is 2.29. The van der Waals surface area contributed by atoms with Gasteiger partial charge < -0.3 is 9.64 Å². The van der Waals surface area contributed by atoms with Crippen molar-refractivity contribution < 1.29 is 9.53 Å². The van der Waals surface area contributed by atoms with Gasteiger partial charge in [0.1, 0.15) is 5.75 Å². The quantitative estimate of drug-likeness (QED) is 0.698. The highest BCUT2D eigenvalue weighted by Gasteiger charge is 2.21. The molecule has 1 amide bonds. The summed E-state index contributed by atoms with van der Waals surface area (Å²) in [6.45, 7) is 6.95. The van der Waals surface area contributed by atoms with Crippen LogP contribution in [0.4, 0.5) is 5.69 Å². The number of anilines is 1. The molecule has 2 aromatic carbocycles. The molecular formula is C19H24ClNO2Si. The van der Waals surface area contributed by atoms with Gasteiger partial charge in [-0.3, -0.25) is 4.79 Å². The van der Waals surface area contributed by atoms with E-state index in [1.807, 2.05) is 25.2 Å². The molecule has 5 heteroatoms. The summed E-state index contributed by atoms with van der Waals surface area (Å²) in [4.78, 5) is 14.5. The van der Waals surface area contributed by atoms with Crippen LogP contribution in [0, 0.1) is 0 Å². The largest absolute Gasteiger partial charge is 0.497 e. The van der Waals surface area contributed by atoms with Gasteiger partial charge in [-0.25, -0.2) is 0 Å². The van der Waals surface area contributed by atoms with Gasteiger partial charge in [0, 0.05) is 31.4 Å².